The molecule has 11 heteroatoms. The molecular weight excluding hydrogens is 471 g/mol. The Kier molecular flexibility index (Phi) is 8.70. The van der Waals surface area contributed by atoms with Gasteiger partial charge in [-0.3, -0.25) is 9.69 Å². The molecule has 0 spiro atoms. The average Bonchev–Trinajstić information content (AvgIpc) is 2.79. The minimum Gasteiger partial charge on any atom is -0.406 e. The molecule has 1 fully saturated rings. The molecule has 1 saturated heterocycles. The molecule has 184 valence electrons. The molecule has 1 aliphatic heterocycles. The molecular formula is C23H26F3N3O4S. The Morgan fingerprint density at radius 2 is 1.65 bits per heavy atom. The van der Waals surface area contributed by atoms with Crippen molar-refractivity contribution in [1.29, 1.82) is 0 Å². The second-order valence-electron chi connectivity index (χ2n) is 7.66. The number of sulfonamides is 1. The van der Waals surface area contributed by atoms with Crippen LogP contribution in [-0.4, -0.2) is 69.8 Å². The summed E-state index contributed by atoms with van der Waals surface area (Å²) >= 11 is 0. The van der Waals surface area contributed by atoms with E-state index in [-0.39, 0.29) is 23.8 Å². The van der Waals surface area contributed by atoms with E-state index >= 15 is 0 Å². The van der Waals surface area contributed by atoms with Crippen molar-refractivity contribution in [2.45, 2.75) is 17.7 Å². The highest BCUT2D eigenvalue weighted by Crippen LogP contribution is 2.23. The monoisotopic (exact) mass is 497 g/mol. The Balaban J connectivity index is 1.39. The van der Waals surface area contributed by atoms with Crippen molar-refractivity contribution >= 4 is 22.0 Å². The molecule has 0 radical (unpaired) electrons. The largest absolute Gasteiger partial charge is 0.573 e. The minimum atomic E-state index is -4.86. The van der Waals surface area contributed by atoms with E-state index in [1.165, 1.54) is 0 Å². The van der Waals surface area contributed by atoms with Gasteiger partial charge in [0.25, 0.3) is 0 Å². The van der Waals surface area contributed by atoms with Crippen LogP contribution in [0.25, 0.3) is 6.08 Å². The third-order valence-corrected chi connectivity index (χ3v) is 6.67. The number of alkyl halides is 3. The van der Waals surface area contributed by atoms with Crippen molar-refractivity contribution in [2.75, 3.05) is 39.3 Å². The molecule has 0 bridgehead atoms. The van der Waals surface area contributed by atoms with Gasteiger partial charge in [0.15, 0.2) is 0 Å². The van der Waals surface area contributed by atoms with Crippen LogP contribution in [0.2, 0.25) is 0 Å². The van der Waals surface area contributed by atoms with Crippen LogP contribution >= 0.6 is 0 Å². The summed E-state index contributed by atoms with van der Waals surface area (Å²) in [6.45, 7) is 3.24. The Morgan fingerprint density at radius 1 is 1.00 bits per heavy atom. The number of benzene rings is 2. The highest BCUT2D eigenvalue weighted by molar-refractivity contribution is 7.89. The third-order valence-electron chi connectivity index (χ3n) is 5.20. The summed E-state index contributed by atoms with van der Waals surface area (Å²) in [5.41, 5.74) is 1.13. The zero-order chi connectivity index (χ0) is 24.6. The first-order valence-electron chi connectivity index (χ1n) is 10.7. The standard InChI is InChI=1S/C23H26F3N3O4S/c24-23(25,26)33-20-8-10-21(11-9-20)34(31,32)27-13-12-22(30)29-17-15-28(16-18-29)14-4-7-19-5-2-1-3-6-19/h1-11,27H,12-18H2. The van der Waals surface area contributed by atoms with Gasteiger partial charge in [0.2, 0.25) is 15.9 Å². The summed E-state index contributed by atoms with van der Waals surface area (Å²) in [7, 11) is -3.96. The van der Waals surface area contributed by atoms with E-state index in [9.17, 15) is 26.4 Å². The molecule has 0 aromatic heterocycles. The van der Waals surface area contributed by atoms with E-state index in [0.29, 0.717) is 13.1 Å². The van der Waals surface area contributed by atoms with E-state index < -0.39 is 22.1 Å². The van der Waals surface area contributed by atoms with E-state index in [1.54, 1.807) is 4.90 Å². The van der Waals surface area contributed by atoms with Gasteiger partial charge in [0.05, 0.1) is 4.90 Å². The number of halogens is 3. The van der Waals surface area contributed by atoms with Crippen LogP contribution in [0, 0.1) is 0 Å². The van der Waals surface area contributed by atoms with Crippen molar-refractivity contribution in [3.05, 3.63) is 66.2 Å². The lowest BCUT2D eigenvalue weighted by Crippen LogP contribution is -2.49. The average molecular weight is 498 g/mol. The summed E-state index contributed by atoms with van der Waals surface area (Å²) in [5, 5.41) is 0. The summed E-state index contributed by atoms with van der Waals surface area (Å²) in [5.74, 6) is -0.674. The predicted molar refractivity (Wildman–Crippen MR) is 121 cm³/mol. The van der Waals surface area contributed by atoms with Gasteiger partial charge in [-0.1, -0.05) is 42.5 Å². The van der Waals surface area contributed by atoms with Crippen LogP contribution in [-0.2, 0) is 14.8 Å². The van der Waals surface area contributed by atoms with Crippen molar-refractivity contribution in [3.8, 4) is 5.75 Å². The number of hydrogen-bond donors (Lipinski definition) is 1. The lowest BCUT2D eigenvalue weighted by Gasteiger charge is -2.34. The summed E-state index contributed by atoms with van der Waals surface area (Å²) < 4.78 is 67.3. The number of ether oxygens (including phenoxy) is 1. The molecule has 7 nitrogen and oxygen atoms in total. The number of carbonyl (C=O) groups excluding carboxylic acids is 1. The number of nitrogens with one attached hydrogen (secondary N) is 1. The van der Waals surface area contributed by atoms with Crippen molar-refractivity contribution < 1.29 is 31.1 Å². The van der Waals surface area contributed by atoms with Crippen molar-refractivity contribution in [2.24, 2.45) is 0 Å². The third kappa shape index (κ3) is 8.15. The lowest BCUT2D eigenvalue weighted by atomic mass is 10.2. The molecule has 1 amide bonds. The first-order valence-corrected chi connectivity index (χ1v) is 12.2. The molecule has 2 aromatic rings. The van der Waals surface area contributed by atoms with Crippen LogP contribution in [0.15, 0.2) is 65.6 Å². The van der Waals surface area contributed by atoms with E-state index in [0.717, 1.165) is 49.5 Å². The van der Waals surface area contributed by atoms with E-state index in [4.69, 9.17) is 0 Å². The van der Waals surface area contributed by atoms with Gasteiger partial charge in [0.1, 0.15) is 5.75 Å². The highest BCUT2D eigenvalue weighted by atomic mass is 32.2. The van der Waals surface area contributed by atoms with Crippen LogP contribution in [0.4, 0.5) is 13.2 Å². The van der Waals surface area contributed by atoms with Gasteiger partial charge in [-0.25, -0.2) is 13.1 Å². The fraction of sp³-hybridized carbons (Fsp3) is 0.348. The SMILES string of the molecule is O=C(CCNS(=O)(=O)c1ccc(OC(F)(F)F)cc1)N1CCN(CC=Cc2ccccc2)CC1. The molecule has 3 rings (SSSR count). The molecule has 1 aliphatic rings. The smallest absolute Gasteiger partial charge is 0.406 e. The highest BCUT2D eigenvalue weighted by Gasteiger charge is 2.31. The number of hydrogen-bond acceptors (Lipinski definition) is 5. The second kappa shape index (κ2) is 11.5. The number of piperazine rings is 1. The van der Waals surface area contributed by atoms with Crippen molar-refractivity contribution in [1.82, 2.24) is 14.5 Å². The quantitative estimate of drug-likeness (QED) is 0.576. The normalized spacial score (nSPS) is 15.6. The second-order valence-corrected chi connectivity index (χ2v) is 9.43. The zero-order valence-electron chi connectivity index (χ0n) is 18.4. The fourth-order valence-electron chi connectivity index (χ4n) is 3.44. The van der Waals surface area contributed by atoms with Gasteiger partial charge in [-0.15, -0.1) is 13.2 Å². The Labute approximate surface area is 196 Å². The summed E-state index contributed by atoms with van der Waals surface area (Å²) in [6.07, 6.45) is -0.727. The topological polar surface area (TPSA) is 78.9 Å². The predicted octanol–water partition coefficient (Wildman–Crippen LogP) is 3.11. The molecule has 34 heavy (non-hydrogen) atoms. The number of nitrogens with zero attached hydrogens (tertiary/aromatic N) is 2. The molecule has 0 saturated carbocycles. The van der Waals surface area contributed by atoms with Crippen LogP contribution < -0.4 is 9.46 Å². The Morgan fingerprint density at radius 3 is 2.26 bits per heavy atom. The maximum absolute atomic E-state index is 12.4. The molecule has 0 aliphatic carbocycles. The Bertz CT molecular complexity index is 1070. The molecule has 1 heterocycles. The molecule has 0 unspecified atom stereocenters. The van der Waals surface area contributed by atoms with Crippen LogP contribution in [0.5, 0.6) is 5.75 Å². The molecule has 1 N–H and O–H groups in total. The van der Waals surface area contributed by atoms with Crippen LogP contribution in [0.3, 0.4) is 0 Å². The lowest BCUT2D eigenvalue weighted by molar-refractivity contribution is -0.274. The minimum absolute atomic E-state index is 0.0115. The number of carbonyl (C=O) groups is 1. The van der Waals surface area contributed by atoms with Gasteiger partial charge >= 0.3 is 6.36 Å². The first kappa shape index (κ1) is 25.7. The number of amides is 1. The molecule has 0 atom stereocenters. The fourth-order valence-corrected chi connectivity index (χ4v) is 4.47. The summed E-state index contributed by atoms with van der Waals surface area (Å²) in [6, 6.07) is 13.8. The summed E-state index contributed by atoms with van der Waals surface area (Å²) in [4.78, 5) is 16.2. The molecule has 2 aromatic carbocycles. The van der Waals surface area contributed by atoms with Gasteiger partial charge < -0.3 is 9.64 Å². The maximum atomic E-state index is 12.4. The van der Waals surface area contributed by atoms with Gasteiger partial charge in [-0.2, -0.15) is 0 Å². The maximum Gasteiger partial charge on any atom is 0.573 e. The first-order chi connectivity index (χ1) is 16.1. The van der Waals surface area contributed by atoms with Gasteiger partial charge in [-0.05, 0) is 29.8 Å². The zero-order valence-corrected chi connectivity index (χ0v) is 19.2. The van der Waals surface area contributed by atoms with E-state index in [2.05, 4.69) is 26.5 Å². The number of rotatable bonds is 9. The van der Waals surface area contributed by atoms with E-state index in [1.807, 2.05) is 30.3 Å². The van der Waals surface area contributed by atoms with Crippen LogP contribution in [0.1, 0.15) is 12.0 Å². The van der Waals surface area contributed by atoms with Crippen molar-refractivity contribution in [3.63, 3.8) is 0 Å². The Hall–Kier alpha value is -2.89. The van der Waals surface area contributed by atoms with Gasteiger partial charge in [0, 0.05) is 45.7 Å².